The van der Waals surface area contributed by atoms with Gasteiger partial charge in [0.25, 0.3) is 0 Å². The smallest absolute Gasteiger partial charge is 0.137 e. The molecular weight excluding hydrogens is 176 g/mol. The van der Waals surface area contributed by atoms with Crippen LogP contribution in [0.25, 0.3) is 11.3 Å². The Labute approximate surface area is 83.5 Å². The number of unbranched alkanes of at least 4 members (excludes halogenated alkanes) is 1. The first-order valence-electron chi connectivity index (χ1n) is 5.01. The van der Waals surface area contributed by atoms with Crippen LogP contribution < -0.4 is 0 Å². The second-order valence-corrected chi connectivity index (χ2v) is 3.38. The molecule has 0 amide bonds. The highest BCUT2D eigenvalue weighted by atomic mass is 16.3. The SMILES string of the molecule is CCCCc1cc(-c2ccco2)co1. The molecule has 0 bridgehead atoms. The maximum absolute atomic E-state index is 5.43. The van der Waals surface area contributed by atoms with Crippen LogP contribution in [0, 0.1) is 0 Å². The van der Waals surface area contributed by atoms with Crippen LogP contribution in [0.3, 0.4) is 0 Å². The monoisotopic (exact) mass is 190 g/mol. The van der Waals surface area contributed by atoms with Crippen LogP contribution in [0.5, 0.6) is 0 Å². The quantitative estimate of drug-likeness (QED) is 0.731. The van der Waals surface area contributed by atoms with Gasteiger partial charge in [-0.3, -0.25) is 0 Å². The average Bonchev–Trinajstić information content (AvgIpc) is 2.85. The molecule has 2 aromatic heterocycles. The Morgan fingerprint density at radius 3 is 2.93 bits per heavy atom. The first-order chi connectivity index (χ1) is 6.90. The van der Waals surface area contributed by atoms with Crippen LogP contribution in [0.1, 0.15) is 25.5 Å². The molecule has 0 unspecified atom stereocenters. The van der Waals surface area contributed by atoms with Crippen LogP contribution in [-0.2, 0) is 6.42 Å². The number of hydrogen-bond acceptors (Lipinski definition) is 2. The summed E-state index contributed by atoms with van der Waals surface area (Å²) in [6, 6.07) is 5.87. The fourth-order valence-corrected chi connectivity index (χ4v) is 1.43. The number of aryl methyl sites for hydroxylation is 1. The second-order valence-electron chi connectivity index (χ2n) is 3.38. The van der Waals surface area contributed by atoms with E-state index in [9.17, 15) is 0 Å². The van der Waals surface area contributed by atoms with Crippen LogP contribution in [0.15, 0.2) is 39.6 Å². The summed E-state index contributed by atoms with van der Waals surface area (Å²) < 4.78 is 10.7. The Balaban J connectivity index is 2.10. The second kappa shape index (κ2) is 4.18. The molecule has 0 N–H and O–H groups in total. The number of rotatable bonds is 4. The van der Waals surface area contributed by atoms with Gasteiger partial charge in [-0.2, -0.15) is 0 Å². The Bertz CT molecular complexity index is 371. The molecule has 0 saturated carbocycles. The average molecular weight is 190 g/mol. The lowest BCUT2D eigenvalue weighted by Crippen LogP contribution is -1.78. The van der Waals surface area contributed by atoms with E-state index >= 15 is 0 Å². The number of hydrogen-bond donors (Lipinski definition) is 0. The zero-order chi connectivity index (χ0) is 9.80. The topological polar surface area (TPSA) is 26.3 Å². The van der Waals surface area contributed by atoms with Gasteiger partial charge in [-0.05, 0) is 24.6 Å². The minimum atomic E-state index is 0.872. The van der Waals surface area contributed by atoms with Gasteiger partial charge < -0.3 is 8.83 Å². The summed E-state index contributed by atoms with van der Waals surface area (Å²) >= 11 is 0. The van der Waals surface area contributed by atoms with E-state index in [0.717, 1.165) is 23.5 Å². The zero-order valence-corrected chi connectivity index (χ0v) is 8.32. The molecule has 0 fully saturated rings. The van der Waals surface area contributed by atoms with Gasteiger partial charge in [0, 0.05) is 6.42 Å². The van der Waals surface area contributed by atoms with Crippen molar-refractivity contribution in [3.8, 4) is 11.3 Å². The third-order valence-electron chi connectivity index (χ3n) is 2.24. The molecule has 2 heteroatoms. The largest absolute Gasteiger partial charge is 0.469 e. The maximum Gasteiger partial charge on any atom is 0.137 e. The fraction of sp³-hybridized carbons (Fsp3) is 0.333. The highest BCUT2D eigenvalue weighted by Crippen LogP contribution is 2.23. The van der Waals surface area contributed by atoms with E-state index in [1.54, 1.807) is 12.5 Å². The summed E-state index contributed by atoms with van der Waals surface area (Å²) in [6.45, 7) is 2.18. The van der Waals surface area contributed by atoms with Crippen molar-refractivity contribution in [1.29, 1.82) is 0 Å². The van der Waals surface area contributed by atoms with Crippen molar-refractivity contribution in [3.63, 3.8) is 0 Å². The Kier molecular flexibility index (Phi) is 2.73. The van der Waals surface area contributed by atoms with Gasteiger partial charge in [0.15, 0.2) is 0 Å². The van der Waals surface area contributed by atoms with Gasteiger partial charge >= 0.3 is 0 Å². The van der Waals surface area contributed by atoms with Crippen molar-refractivity contribution < 1.29 is 8.83 Å². The van der Waals surface area contributed by atoms with Crippen LogP contribution >= 0.6 is 0 Å². The van der Waals surface area contributed by atoms with E-state index in [0.29, 0.717) is 0 Å². The van der Waals surface area contributed by atoms with Gasteiger partial charge in [-0.1, -0.05) is 13.3 Å². The van der Waals surface area contributed by atoms with Crippen molar-refractivity contribution in [2.24, 2.45) is 0 Å². The zero-order valence-electron chi connectivity index (χ0n) is 8.32. The molecule has 2 aromatic rings. The molecule has 0 atom stereocenters. The lowest BCUT2D eigenvalue weighted by molar-refractivity contribution is 0.500. The Hall–Kier alpha value is -1.44. The Morgan fingerprint density at radius 2 is 2.21 bits per heavy atom. The molecule has 2 rings (SSSR count). The molecular formula is C12H14O2. The highest BCUT2D eigenvalue weighted by Gasteiger charge is 2.05. The standard InChI is InChI=1S/C12H14O2/c1-2-3-5-11-8-10(9-14-11)12-6-4-7-13-12/h4,6-9H,2-3,5H2,1H3. The Morgan fingerprint density at radius 1 is 1.29 bits per heavy atom. The van der Waals surface area contributed by atoms with Crippen molar-refractivity contribution >= 4 is 0 Å². The van der Waals surface area contributed by atoms with Crippen molar-refractivity contribution in [3.05, 3.63) is 36.5 Å². The maximum atomic E-state index is 5.43. The minimum Gasteiger partial charge on any atom is -0.469 e. The molecule has 2 heterocycles. The summed E-state index contributed by atoms with van der Waals surface area (Å²) in [4.78, 5) is 0. The molecule has 0 aliphatic heterocycles. The normalized spacial score (nSPS) is 10.6. The van der Waals surface area contributed by atoms with Crippen molar-refractivity contribution in [2.75, 3.05) is 0 Å². The lowest BCUT2D eigenvalue weighted by Gasteiger charge is -1.90. The van der Waals surface area contributed by atoms with Gasteiger partial charge in [-0.25, -0.2) is 0 Å². The van der Waals surface area contributed by atoms with Crippen LogP contribution in [-0.4, -0.2) is 0 Å². The molecule has 14 heavy (non-hydrogen) atoms. The third-order valence-corrected chi connectivity index (χ3v) is 2.24. The van der Waals surface area contributed by atoms with E-state index in [-0.39, 0.29) is 0 Å². The van der Waals surface area contributed by atoms with Crippen LogP contribution in [0.2, 0.25) is 0 Å². The van der Waals surface area contributed by atoms with Gasteiger partial charge in [0.2, 0.25) is 0 Å². The molecule has 0 radical (unpaired) electrons. The molecule has 0 aliphatic carbocycles. The molecule has 0 saturated heterocycles. The van der Waals surface area contributed by atoms with E-state index in [1.807, 2.05) is 12.1 Å². The highest BCUT2D eigenvalue weighted by molar-refractivity contribution is 5.55. The lowest BCUT2D eigenvalue weighted by atomic mass is 10.2. The van der Waals surface area contributed by atoms with E-state index < -0.39 is 0 Å². The molecule has 2 nitrogen and oxygen atoms in total. The summed E-state index contributed by atoms with van der Waals surface area (Å²) in [6.07, 6.45) is 6.80. The minimum absolute atomic E-state index is 0.872. The fourth-order valence-electron chi connectivity index (χ4n) is 1.43. The number of furan rings is 2. The molecule has 0 aliphatic rings. The van der Waals surface area contributed by atoms with E-state index in [2.05, 4.69) is 13.0 Å². The molecule has 0 aromatic carbocycles. The predicted octanol–water partition coefficient (Wildman–Crippen LogP) is 3.88. The van der Waals surface area contributed by atoms with Gasteiger partial charge in [-0.15, -0.1) is 0 Å². The molecule has 0 spiro atoms. The van der Waals surface area contributed by atoms with Gasteiger partial charge in [0.05, 0.1) is 11.8 Å². The third kappa shape index (κ3) is 1.90. The first kappa shape index (κ1) is 9.13. The predicted molar refractivity (Wildman–Crippen MR) is 55.0 cm³/mol. The summed E-state index contributed by atoms with van der Waals surface area (Å²) in [5.74, 6) is 1.91. The van der Waals surface area contributed by atoms with E-state index in [1.165, 1.54) is 12.8 Å². The first-order valence-corrected chi connectivity index (χ1v) is 5.01. The summed E-state index contributed by atoms with van der Waals surface area (Å²) in [7, 11) is 0. The molecule has 74 valence electrons. The van der Waals surface area contributed by atoms with E-state index in [4.69, 9.17) is 8.83 Å². The van der Waals surface area contributed by atoms with Crippen LogP contribution in [0.4, 0.5) is 0 Å². The summed E-state index contributed by atoms with van der Waals surface area (Å²) in [5.41, 5.74) is 1.03. The van der Waals surface area contributed by atoms with Crippen molar-refractivity contribution in [1.82, 2.24) is 0 Å². The summed E-state index contributed by atoms with van der Waals surface area (Å²) in [5, 5.41) is 0. The van der Waals surface area contributed by atoms with Crippen molar-refractivity contribution in [2.45, 2.75) is 26.2 Å². The van der Waals surface area contributed by atoms with Gasteiger partial charge in [0.1, 0.15) is 17.8 Å².